The standard InChI is InChI=1S/C29H25N3O3S/c33-28(31-23-11-13-24(14-12-23)32-16-15-30-29(32)34)26(27-10-5-17-36-27)19-22-8-4-9-25(18-22)35-20-21-6-2-1-3-7-21/h1-14,17-19H,15-16,20H2,(H,30,34)(H,31,33)/b26-19+. The molecule has 0 saturated carbocycles. The molecule has 0 aliphatic carbocycles. The second-order valence-corrected chi connectivity index (χ2v) is 9.21. The minimum atomic E-state index is -0.209. The molecule has 0 atom stereocenters. The van der Waals surface area contributed by atoms with Gasteiger partial charge in [0.05, 0.1) is 5.57 Å². The van der Waals surface area contributed by atoms with Gasteiger partial charge in [0.15, 0.2) is 0 Å². The van der Waals surface area contributed by atoms with Gasteiger partial charge in [-0.1, -0.05) is 48.5 Å². The molecule has 0 unspecified atom stereocenters. The van der Waals surface area contributed by atoms with Gasteiger partial charge in [0, 0.05) is 29.3 Å². The van der Waals surface area contributed by atoms with Crippen LogP contribution in [0, 0.1) is 0 Å². The van der Waals surface area contributed by atoms with Crippen LogP contribution in [0.25, 0.3) is 11.6 Å². The van der Waals surface area contributed by atoms with Crippen LogP contribution < -0.4 is 20.3 Å². The number of hydrogen-bond donors (Lipinski definition) is 2. The Labute approximate surface area is 213 Å². The van der Waals surface area contributed by atoms with Crippen molar-refractivity contribution in [3.63, 3.8) is 0 Å². The molecule has 180 valence electrons. The molecular formula is C29H25N3O3S. The molecule has 7 heteroatoms. The van der Waals surface area contributed by atoms with Gasteiger partial charge >= 0.3 is 6.03 Å². The Morgan fingerprint density at radius 2 is 1.83 bits per heavy atom. The maximum absolute atomic E-state index is 13.3. The van der Waals surface area contributed by atoms with Crippen LogP contribution >= 0.6 is 11.3 Å². The van der Waals surface area contributed by atoms with Crippen LogP contribution in [-0.4, -0.2) is 25.0 Å². The summed E-state index contributed by atoms with van der Waals surface area (Å²) in [6.45, 7) is 1.73. The van der Waals surface area contributed by atoms with Gasteiger partial charge in [0.1, 0.15) is 12.4 Å². The number of carbonyl (C=O) groups is 2. The lowest BCUT2D eigenvalue weighted by atomic mass is 10.1. The van der Waals surface area contributed by atoms with E-state index in [0.717, 1.165) is 27.4 Å². The minimum Gasteiger partial charge on any atom is -0.489 e. The SMILES string of the molecule is O=C(Nc1ccc(N2CCNC2=O)cc1)/C(=C/c1cccc(OCc2ccccc2)c1)c1cccs1. The van der Waals surface area contributed by atoms with Crippen molar-refractivity contribution < 1.29 is 14.3 Å². The van der Waals surface area contributed by atoms with Crippen molar-refractivity contribution in [1.82, 2.24) is 5.32 Å². The van der Waals surface area contributed by atoms with E-state index in [0.29, 0.717) is 31.0 Å². The Morgan fingerprint density at radius 3 is 2.56 bits per heavy atom. The summed E-state index contributed by atoms with van der Waals surface area (Å²) in [5, 5.41) is 7.73. The maximum Gasteiger partial charge on any atom is 0.321 e. The summed E-state index contributed by atoms with van der Waals surface area (Å²) >= 11 is 1.51. The van der Waals surface area contributed by atoms with Crippen LogP contribution in [0.2, 0.25) is 0 Å². The number of carbonyl (C=O) groups excluding carboxylic acids is 2. The first-order valence-corrected chi connectivity index (χ1v) is 12.5. The van der Waals surface area contributed by atoms with Gasteiger partial charge in [-0.25, -0.2) is 4.79 Å². The molecule has 0 bridgehead atoms. The molecular weight excluding hydrogens is 470 g/mol. The van der Waals surface area contributed by atoms with Gasteiger partial charge in [-0.15, -0.1) is 11.3 Å². The van der Waals surface area contributed by atoms with Gasteiger partial charge in [-0.3, -0.25) is 9.69 Å². The van der Waals surface area contributed by atoms with E-state index in [9.17, 15) is 9.59 Å². The maximum atomic E-state index is 13.3. The molecule has 2 N–H and O–H groups in total. The number of hydrogen-bond acceptors (Lipinski definition) is 4. The molecule has 3 aromatic carbocycles. The van der Waals surface area contributed by atoms with E-state index in [-0.39, 0.29) is 11.9 Å². The van der Waals surface area contributed by atoms with Gasteiger partial charge in [-0.2, -0.15) is 0 Å². The van der Waals surface area contributed by atoms with Gasteiger partial charge in [0.25, 0.3) is 5.91 Å². The molecule has 1 aliphatic heterocycles. The third-order valence-corrected chi connectivity index (χ3v) is 6.65. The van der Waals surface area contributed by atoms with Crippen molar-refractivity contribution in [2.75, 3.05) is 23.3 Å². The smallest absolute Gasteiger partial charge is 0.321 e. The average molecular weight is 496 g/mol. The number of amides is 3. The summed E-state index contributed by atoms with van der Waals surface area (Å²) in [6, 6.07) is 28.7. The van der Waals surface area contributed by atoms with Crippen LogP contribution in [-0.2, 0) is 11.4 Å². The molecule has 0 radical (unpaired) electrons. The molecule has 0 spiro atoms. The summed E-state index contributed by atoms with van der Waals surface area (Å²) < 4.78 is 5.96. The Morgan fingerprint density at radius 1 is 1.00 bits per heavy atom. The third kappa shape index (κ3) is 5.64. The fourth-order valence-corrected chi connectivity index (χ4v) is 4.66. The first-order valence-electron chi connectivity index (χ1n) is 11.6. The quantitative estimate of drug-likeness (QED) is 0.293. The van der Waals surface area contributed by atoms with E-state index >= 15 is 0 Å². The molecule has 1 fully saturated rings. The van der Waals surface area contributed by atoms with Gasteiger partial charge in [0.2, 0.25) is 0 Å². The van der Waals surface area contributed by atoms with Crippen LogP contribution in [0.15, 0.2) is 96.4 Å². The molecule has 1 aromatic heterocycles. The number of nitrogens with zero attached hydrogens (tertiary/aromatic N) is 1. The van der Waals surface area contributed by atoms with Crippen molar-refractivity contribution in [2.24, 2.45) is 0 Å². The summed E-state index contributed by atoms with van der Waals surface area (Å²) in [5.41, 5.74) is 3.98. The molecule has 5 rings (SSSR count). The topological polar surface area (TPSA) is 70.7 Å². The van der Waals surface area contributed by atoms with Crippen molar-refractivity contribution >= 4 is 46.3 Å². The predicted molar refractivity (Wildman–Crippen MR) is 145 cm³/mol. The van der Waals surface area contributed by atoms with E-state index < -0.39 is 0 Å². The number of nitrogens with one attached hydrogen (secondary N) is 2. The van der Waals surface area contributed by atoms with Gasteiger partial charge < -0.3 is 15.4 Å². The second-order valence-electron chi connectivity index (χ2n) is 8.27. The zero-order chi connectivity index (χ0) is 24.7. The highest BCUT2D eigenvalue weighted by atomic mass is 32.1. The van der Waals surface area contributed by atoms with E-state index in [1.807, 2.05) is 102 Å². The summed E-state index contributed by atoms with van der Waals surface area (Å²) in [4.78, 5) is 27.8. The molecule has 36 heavy (non-hydrogen) atoms. The predicted octanol–water partition coefficient (Wildman–Crippen LogP) is 6.04. The van der Waals surface area contributed by atoms with Crippen molar-refractivity contribution in [3.05, 3.63) is 112 Å². The van der Waals surface area contributed by atoms with Crippen LogP contribution in [0.4, 0.5) is 16.2 Å². The van der Waals surface area contributed by atoms with E-state index in [2.05, 4.69) is 10.6 Å². The fraction of sp³-hybridized carbons (Fsp3) is 0.103. The monoisotopic (exact) mass is 495 g/mol. The average Bonchev–Trinajstić information content (AvgIpc) is 3.60. The van der Waals surface area contributed by atoms with E-state index in [1.54, 1.807) is 4.90 Å². The number of anilines is 2. The zero-order valence-electron chi connectivity index (χ0n) is 19.5. The van der Waals surface area contributed by atoms with E-state index in [1.165, 1.54) is 11.3 Å². The Kier molecular flexibility index (Phi) is 7.10. The normalized spacial score (nSPS) is 13.4. The highest BCUT2D eigenvalue weighted by Crippen LogP contribution is 2.27. The number of thiophene rings is 1. The summed E-state index contributed by atoms with van der Waals surface area (Å²) in [5.74, 6) is 0.528. The Bertz CT molecular complexity index is 1370. The summed E-state index contributed by atoms with van der Waals surface area (Å²) in [7, 11) is 0. The summed E-state index contributed by atoms with van der Waals surface area (Å²) in [6.07, 6.45) is 1.87. The van der Waals surface area contributed by atoms with Crippen molar-refractivity contribution in [3.8, 4) is 5.75 Å². The number of benzene rings is 3. The second kappa shape index (κ2) is 10.9. The lowest BCUT2D eigenvalue weighted by Crippen LogP contribution is -2.27. The zero-order valence-corrected chi connectivity index (χ0v) is 20.3. The molecule has 2 heterocycles. The molecule has 6 nitrogen and oxygen atoms in total. The first kappa shape index (κ1) is 23.4. The van der Waals surface area contributed by atoms with Crippen molar-refractivity contribution in [2.45, 2.75) is 6.61 Å². The minimum absolute atomic E-state index is 0.107. The molecule has 1 saturated heterocycles. The van der Waals surface area contributed by atoms with Crippen LogP contribution in [0.5, 0.6) is 5.75 Å². The highest BCUT2D eigenvalue weighted by molar-refractivity contribution is 7.11. The van der Waals surface area contributed by atoms with Crippen LogP contribution in [0.3, 0.4) is 0 Å². The Balaban J connectivity index is 1.33. The lowest BCUT2D eigenvalue weighted by molar-refractivity contribution is -0.111. The highest BCUT2D eigenvalue weighted by Gasteiger charge is 2.21. The van der Waals surface area contributed by atoms with Crippen LogP contribution in [0.1, 0.15) is 16.0 Å². The number of rotatable bonds is 8. The molecule has 4 aromatic rings. The fourth-order valence-electron chi connectivity index (χ4n) is 3.92. The largest absolute Gasteiger partial charge is 0.489 e. The lowest BCUT2D eigenvalue weighted by Gasteiger charge is -2.15. The van der Waals surface area contributed by atoms with Crippen molar-refractivity contribution in [1.29, 1.82) is 0 Å². The first-order chi connectivity index (χ1) is 17.7. The van der Waals surface area contributed by atoms with E-state index in [4.69, 9.17) is 4.74 Å². The molecule has 1 aliphatic rings. The third-order valence-electron chi connectivity index (χ3n) is 5.74. The van der Waals surface area contributed by atoms with Gasteiger partial charge in [-0.05, 0) is 65.0 Å². The number of ether oxygens (including phenoxy) is 1. The number of urea groups is 1. The Hall–Kier alpha value is -4.36. The molecule has 3 amide bonds.